The van der Waals surface area contributed by atoms with Crippen molar-refractivity contribution in [3.8, 4) is 0 Å². The smallest absolute Gasteiger partial charge is 0.262 e. The summed E-state index contributed by atoms with van der Waals surface area (Å²) in [7, 11) is 3.06. The van der Waals surface area contributed by atoms with Gasteiger partial charge in [-0.15, -0.1) is 0 Å². The number of amides is 1. The van der Waals surface area contributed by atoms with Gasteiger partial charge in [0.1, 0.15) is 5.92 Å². The van der Waals surface area contributed by atoms with Crippen molar-refractivity contribution in [2.75, 3.05) is 27.2 Å². The molecule has 17 heavy (non-hydrogen) atoms. The molecule has 0 spiro atoms. The molecule has 1 aliphatic heterocycles. The lowest BCUT2D eigenvalue weighted by Gasteiger charge is -2.41. The van der Waals surface area contributed by atoms with E-state index in [1.807, 2.05) is 18.7 Å². The topological polar surface area (TPSA) is 23.6 Å². The minimum Gasteiger partial charge on any atom is -0.348 e. The minimum absolute atomic E-state index is 0.166. The van der Waals surface area contributed by atoms with Crippen LogP contribution >= 0.6 is 0 Å². The number of rotatable bonds is 3. The second-order valence-electron chi connectivity index (χ2n) is 5.05. The van der Waals surface area contributed by atoms with Crippen LogP contribution in [0.4, 0.5) is 8.78 Å². The highest BCUT2D eigenvalue weighted by Gasteiger charge is 2.49. The SMILES string of the molecule is CCC(C)N1CCC(F)(F)C(C(=O)N(C)C)C1. The maximum Gasteiger partial charge on any atom is 0.262 e. The van der Waals surface area contributed by atoms with E-state index in [1.54, 1.807) is 0 Å². The molecule has 1 saturated heterocycles. The van der Waals surface area contributed by atoms with Crippen molar-refractivity contribution < 1.29 is 13.6 Å². The molecule has 0 aromatic heterocycles. The Bertz CT molecular complexity index is 282. The number of alkyl halides is 2. The van der Waals surface area contributed by atoms with E-state index in [9.17, 15) is 13.6 Å². The molecule has 1 heterocycles. The van der Waals surface area contributed by atoms with Gasteiger partial charge in [-0.2, -0.15) is 0 Å². The van der Waals surface area contributed by atoms with Crippen LogP contribution in [0, 0.1) is 5.92 Å². The second-order valence-corrected chi connectivity index (χ2v) is 5.05. The number of piperidine rings is 1. The van der Waals surface area contributed by atoms with E-state index in [-0.39, 0.29) is 19.0 Å². The van der Waals surface area contributed by atoms with Crippen LogP contribution in [0.1, 0.15) is 26.7 Å². The predicted molar refractivity (Wildman–Crippen MR) is 63.1 cm³/mol. The fraction of sp³-hybridized carbons (Fsp3) is 0.917. The van der Waals surface area contributed by atoms with Gasteiger partial charge >= 0.3 is 0 Å². The summed E-state index contributed by atoms with van der Waals surface area (Å²) in [6.45, 7) is 4.58. The minimum atomic E-state index is -2.87. The zero-order valence-electron chi connectivity index (χ0n) is 11.0. The Hall–Kier alpha value is -0.710. The van der Waals surface area contributed by atoms with Gasteiger partial charge in [-0.05, 0) is 13.3 Å². The van der Waals surface area contributed by atoms with Crippen molar-refractivity contribution in [1.82, 2.24) is 9.80 Å². The van der Waals surface area contributed by atoms with E-state index in [0.717, 1.165) is 6.42 Å². The molecule has 100 valence electrons. The number of carbonyl (C=O) groups is 1. The van der Waals surface area contributed by atoms with Crippen molar-refractivity contribution in [3.63, 3.8) is 0 Å². The lowest BCUT2D eigenvalue weighted by molar-refractivity contribution is -0.159. The number of likely N-dealkylation sites (tertiary alicyclic amines) is 1. The molecule has 1 rings (SSSR count). The Morgan fingerprint density at radius 3 is 2.59 bits per heavy atom. The Balaban J connectivity index is 2.79. The van der Waals surface area contributed by atoms with E-state index in [2.05, 4.69) is 0 Å². The third kappa shape index (κ3) is 3.15. The van der Waals surface area contributed by atoms with Gasteiger partial charge in [0.2, 0.25) is 5.91 Å². The molecule has 0 aromatic rings. The maximum absolute atomic E-state index is 13.7. The summed E-state index contributed by atoms with van der Waals surface area (Å²) in [5, 5.41) is 0. The lowest BCUT2D eigenvalue weighted by atomic mass is 9.91. The molecule has 2 atom stereocenters. The van der Waals surface area contributed by atoms with Gasteiger partial charge in [0, 0.05) is 39.6 Å². The van der Waals surface area contributed by atoms with Crippen LogP contribution in [-0.4, -0.2) is 54.9 Å². The molecule has 5 heteroatoms. The van der Waals surface area contributed by atoms with Crippen LogP contribution in [0.2, 0.25) is 0 Å². The quantitative estimate of drug-likeness (QED) is 0.760. The van der Waals surface area contributed by atoms with Gasteiger partial charge in [-0.1, -0.05) is 6.92 Å². The molecule has 0 saturated carbocycles. The molecular formula is C12H22F2N2O. The first-order valence-electron chi connectivity index (χ1n) is 6.12. The number of hydrogen-bond donors (Lipinski definition) is 0. The van der Waals surface area contributed by atoms with Gasteiger partial charge < -0.3 is 4.90 Å². The summed E-state index contributed by atoms with van der Waals surface area (Å²) in [4.78, 5) is 15.0. The molecule has 0 aromatic carbocycles. The highest BCUT2D eigenvalue weighted by atomic mass is 19.3. The van der Waals surface area contributed by atoms with Crippen molar-refractivity contribution in [2.24, 2.45) is 5.92 Å². The first-order chi connectivity index (χ1) is 7.79. The van der Waals surface area contributed by atoms with E-state index in [1.165, 1.54) is 19.0 Å². The fourth-order valence-corrected chi connectivity index (χ4v) is 2.16. The van der Waals surface area contributed by atoms with Crippen molar-refractivity contribution in [2.45, 2.75) is 38.7 Å². The highest BCUT2D eigenvalue weighted by Crippen LogP contribution is 2.35. The third-order valence-electron chi connectivity index (χ3n) is 3.61. The molecule has 0 aliphatic carbocycles. The summed E-state index contributed by atoms with van der Waals surface area (Å²) in [5.74, 6) is -4.53. The zero-order chi connectivity index (χ0) is 13.2. The second kappa shape index (κ2) is 5.29. The standard InChI is InChI=1S/C12H22F2N2O/c1-5-9(2)16-7-6-12(13,14)10(8-16)11(17)15(3)4/h9-10H,5-8H2,1-4H3. The largest absolute Gasteiger partial charge is 0.348 e. The molecule has 0 radical (unpaired) electrons. The summed E-state index contributed by atoms with van der Waals surface area (Å²) in [5.41, 5.74) is 0. The first-order valence-corrected chi connectivity index (χ1v) is 6.12. The van der Waals surface area contributed by atoms with Crippen LogP contribution in [0.3, 0.4) is 0 Å². The Labute approximate surface area is 102 Å². The molecule has 3 nitrogen and oxygen atoms in total. The third-order valence-corrected chi connectivity index (χ3v) is 3.61. The molecule has 0 N–H and O–H groups in total. The summed E-state index contributed by atoms with van der Waals surface area (Å²) >= 11 is 0. The Morgan fingerprint density at radius 2 is 2.12 bits per heavy atom. The molecule has 1 amide bonds. The number of halogens is 2. The van der Waals surface area contributed by atoms with Crippen LogP contribution in [0.25, 0.3) is 0 Å². The molecule has 0 bridgehead atoms. The summed E-state index contributed by atoms with van der Waals surface area (Å²) in [6.07, 6.45) is 0.691. The summed E-state index contributed by atoms with van der Waals surface area (Å²) < 4.78 is 27.5. The maximum atomic E-state index is 13.7. The van der Waals surface area contributed by atoms with Gasteiger partial charge in [-0.25, -0.2) is 8.78 Å². The first kappa shape index (κ1) is 14.4. The van der Waals surface area contributed by atoms with E-state index >= 15 is 0 Å². The highest BCUT2D eigenvalue weighted by molar-refractivity contribution is 5.79. The average molecular weight is 248 g/mol. The summed E-state index contributed by atoms with van der Waals surface area (Å²) in [6, 6.07) is 0.253. The van der Waals surface area contributed by atoms with Crippen LogP contribution in [0.15, 0.2) is 0 Å². The van der Waals surface area contributed by atoms with Crippen molar-refractivity contribution in [1.29, 1.82) is 0 Å². The fourth-order valence-electron chi connectivity index (χ4n) is 2.16. The Morgan fingerprint density at radius 1 is 1.53 bits per heavy atom. The number of nitrogens with zero attached hydrogens (tertiary/aromatic N) is 2. The monoisotopic (exact) mass is 248 g/mol. The van der Waals surface area contributed by atoms with Crippen molar-refractivity contribution in [3.05, 3.63) is 0 Å². The van der Waals surface area contributed by atoms with Gasteiger partial charge in [-0.3, -0.25) is 9.69 Å². The van der Waals surface area contributed by atoms with Crippen LogP contribution in [-0.2, 0) is 4.79 Å². The van der Waals surface area contributed by atoms with E-state index < -0.39 is 17.7 Å². The predicted octanol–water partition coefficient (Wildman–Crippen LogP) is 1.83. The van der Waals surface area contributed by atoms with Gasteiger partial charge in [0.25, 0.3) is 5.92 Å². The number of hydrogen-bond acceptors (Lipinski definition) is 2. The zero-order valence-corrected chi connectivity index (χ0v) is 11.0. The lowest BCUT2D eigenvalue weighted by Crippen LogP contribution is -2.54. The van der Waals surface area contributed by atoms with Crippen molar-refractivity contribution >= 4 is 5.91 Å². The van der Waals surface area contributed by atoms with E-state index in [0.29, 0.717) is 6.54 Å². The molecule has 2 unspecified atom stereocenters. The normalized spacial score (nSPS) is 26.6. The number of carbonyl (C=O) groups excluding carboxylic acids is 1. The van der Waals surface area contributed by atoms with Gasteiger partial charge in [0.05, 0.1) is 0 Å². The Kier molecular flexibility index (Phi) is 4.47. The molecular weight excluding hydrogens is 226 g/mol. The van der Waals surface area contributed by atoms with Crippen LogP contribution < -0.4 is 0 Å². The molecule has 1 aliphatic rings. The average Bonchev–Trinajstić information content (AvgIpc) is 2.26. The van der Waals surface area contributed by atoms with Gasteiger partial charge in [0.15, 0.2) is 0 Å². The molecule has 1 fully saturated rings. The van der Waals surface area contributed by atoms with E-state index in [4.69, 9.17) is 0 Å². The van der Waals surface area contributed by atoms with Crippen LogP contribution in [0.5, 0.6) is 0 Å².